The van der Waals surface area contributed by atoms with E-state index in [2.05, 4.69) is 10.6 Å². The molecule has 0 spiro atoms. The predicted molar refractivity (Wildman–Crippen MR) is 99.0 cm³/mol. The molecule has 0 fully saturated rings. The maximum atomic E-state index is 12.3. The Hall–Kier alpha value is -3.20. The van der Waals surface area contributed by atoms with Gasteiger partial charge in [-0.25, -0.2) is 0 Å². The molecule has 1 N–H and O–H groups in total. The van der Waals surface area contributed by atoms with Crippen LogP contribution < -0.4 is 24.6 Å². The van der Waals surface area contributed by atoms with E-state index in [1.165, 1.54) is 4.68 Å². The normalized spacial score (nSPS) is 12.6. The molecule has 0 atom stereocenters. The fourth-order valence-corrected chi connectivity index (χ4v) is 3.42. The van der Waals surface area contributed by atoms with E-state index in [1.807, 2.05) is 31.2 Å². The number of carbonyl (C=O) groups excluding carboxylic acids is 1. The standard InChI is InChI=1S/C19H17N3O5S/c1-12-2-5-14(6-3-12)22-18(19(24)27-21-22)28-11-17(23)20-13-4-7-15-16(10-13)26-9-8-25-15/h2-7,10H,8-9,11H2,1H3,(H-,20,21,23,24). The van der Waals surface area contributed by atoms with Crippen LogP contribution in [0, 0.1) is 6.92 Å². The first-order chi connectivity index (χ1) is 13.6. The van der Waals surface area contributed by atoms with E-state index in [4.69, 9.17) is 14.0 Å². The summed E-state index contributed by atoms with van der Waals surface area (Å²) in [7, 11) is 0. The molecule has 8 nitrogen and oxygen atoms in total. The first-order valence-corrected chi connectivity index (χ1v) is 9.57. The Morgan fingerprint density at radius 1 is 1.18 bits per heavy atom. The Morgan fingerprint density at radius 3 is 2.71 bits per heavy atom. The minimum Gasteiger partial charge on any atom is -0.538 e. The van der Waals surface area contributed by atoms with E-state index in [0.29, 0.717) is 36.1 Å². The zero-order valence-corrected chi connectivity index (χ0v) is 15.8. The number of carbonyl (C=O) groups is 1. The van der Waals surface area contributed by atoms with Crippen LogP contribution in [0.1, 0.15) is 5.56 Å². The third kappa shape index (κ3) is 3.89. The summed E-state index contributed by atoms with van der Waals surface area (Å²) in [5.74, 6) is 0.417. The summed E-state index contributed by atoms with van der Waals surface area (Å²) in [6.07, 6.45) is 0. The smallest absolute Gasteiger partial charge is 0.298 e. The van der Waals surface area contributed by atoms with Gasteiger partial charge in [0.2, 0.25) is 11.6 Å². The number of fused-ring (bicyclic) bond motifs is 1. The van der Waals surface area contributed by atoms with Crippen LogP contribution >= 0.6 is 11.8 Å². The average Bonchev–Trinajstić information content (AvgIpc) is 3.07. The number of hydrogen-bond acceptors (Lipinski definition) is 7. The molecule has 1 aromatic heterocycles. The number of rotatable bonds is 5. The summed E-state index contributed by atoms with van der Waals surface area (Å²) < 4.78 is 17.1. The topological polar surface area (TPSA) is 101 Å². The van der Waals surface area contributed by atoms with E-state index >= 15 is 0 Å². The molecule has 0 radical (unpaired) electrons. The minimum atomic E-state index is -0.585. The third-order valence-corrected chi connectivity index (χ3v) is 5.04. The summed E-state index contributed by atoms with van der Waals surface area (Å²) in [6, 6.07) is 12.7. The first kappa shape index (κ1) is 18.2. The summed E-state index contributed by atoms with van der Waals surface area (Å²) in [6.45, 7) is 2.94. The third-order valence-electron chi connectivity index (χ3n) is 4.02. The van der Waals surface area contributed by atoms with Crippen molar-refractivity contribution in [3.05, 3.63) is 48.0 Å². The summed E-state index contributed by atoms with van der Waals surface area (Å²) >= 11 is 1.06. The molecule has 0 saturated heterocycles. The van der Waals surface area contributed by atoms with Gasteiger partial charge in [0.25, 0.3) is 5.03 Å². The van der Waals surface area contributed by atoms with Crippen molar-refractivity contribution in [1.29, 1.82) is 0 Å². The van der Waals surface area contributed by atoms with Gasteiger partial charge >= 0.3 is 0 Å². The lowest BCUT2D eigenvalue weighted by atomic mass is 10.2. The van der Waals surface area contributed by atoms with Crippen LogP contribution in [0.15, 0.2) is 52.0 Å². The molecular formula is C19H17N3O5S. The molecular weight excluding hydrogens is 382 g/mol. The number of aromatic nitrogens is 2. The van der Waals surface area contributed by atoms with Crippen molar-refractivity contribution in [3.8, 4) is 23.1 Å². The predicted octanol–water partition coefficient (Wildman–Crippen LogP) is 1.84. The molecule has 0 saturated carbocycles. The van der Waals surface area contributed by atoms with Crippen LogP contribution in [0.5, 0.6) is 17.4 Å². The number of benzene rings is 2. The molecule has 9 heteroatoms. The van der Waals surface area contributed by atoms with Gasteiger partial charge in [0, 0.05) is 23.9 Å². The lowest BCUT2D eigenvalue weighted by molar-refractivity contribution is -0.705. The van der Waals surface area contributed by atoms with Gasteiger partial charge in [-0.1, -0.05) is 17.7 Å². The van der Waals surface area contributed by atoms with Gasteiger partial charge in [0.15, 0.2) is 17.4 Å². The molecule has 144 valence electrons. The number of nitrogens with one attached hydrogen (secondary N) is 1. The molecule has 0 aliphatic carbocycles. The Bertz CT molecular complexity index is 1000. The molecule has 28 heavy (non-hydrogen) atoms. The van der Waals surface area contributed by atoms with Crippen LogP contribution in [-0.4, -0.2) is 30.1 Å². The Kier molecular flexibility index (Phi) is 5.07. The number of aryl methyl sites for hydroxylation is 1. The average molecular weight is 399 g/mol. The van der Waals surface area contributed by atoms with Gasteiger partial charge in [-0.15, -0.1) is 0 Å². The molecule has 2 aromatic carbocycles. The quantitative estimate of drug-likeness (QED) is 0.516. The molecule has 1 amide bonds. The maximum absolute atomic E-state index is 12.3. The molecule has 0 bridgehead atoms. The largest absolute Gasteiger partial charge is 0.538 e. The lowest BCUT2D eigenvalue weighted by Crippen LogP contribution is -2.35. The van der Waals surface area contributed by atoms with Gasteiger partial charge < -0.3 is 24.4 Å². The number of ether oxygens (including phenoxy) is 2. The number of nitrogens with zero attached hydrogens (tertiary/aromatic N) is 2. The second kappa shape index (κ2) is 7.81. The Morgan fingerprint density at radius 2 is 1.93 bits per heavy atom. The van der Waals surface area contributed by atoms with Gasteiger partial charge in [0.1, 0.15) is 13.2 Å². The Labute approximate surface area is 165 Å². The van der Waals surface area contributed by atoms with Crippen LogP contribution in [0.3, 0.4) is 0 Å². The highest BCUT2D eigenvalue weighted by Gasteiger charge is 2.22. The van der Waals surface area contributed by atoms with Gasteiger partial charge in [-0.05, 0) is 35.5 Å². The molecule has 2 heterocycles. The highest BCUT2D eigenvalue weighted by atomic mass is 32.2. The van der Waals surface area contributed by atoms with Crippen LogP contribution in [0.2, 0.25) is 0 Å². The van der Waals surface area contributed by atoms with Gasteiger partial charge in [-0.2, -0.15) is 0 Å². The summed E-state index contributed by atoms with van der Waals surface area (Å²) in [5, 5.41) is 18.8. The summed E-state index contributed by atoms with van der Waals surface area (Å²) in [5.41, 5.74) is 2.36. The second-order valence-electron chi connectivity index (χ2n) is 6.11. The lowest BCUT2D eigenvalue weighted by Gasteiger charge is -2.18. The van der Waals surface area contributed by atoms with E-state index < -0.39 is 5.95 Å². The number of anilines is 1. The molecule has 1 aliphatic heterocycles. The minimum absolute atomic E-state index is 0.0246. The highest BCUT2D eigenvalue weighted by molar-refractivity contribution is 7.99. The molecule has 1 aliphatic rings. The van der Waals surface area contributed by atoms with Crippen molar-refractivity contribution in [2.75, 3.05) is 24.3 Å². The molecule has 0 unspecified atom stereocenters. The summed E-state index contributed by atoms with van der Waals surface area (Å²) in [4.78, 5) is 12.3. The zero-order valence-electron chi connectivity index (χ0n) is 15.0. The van der Waals surface area contributed by atoms with Crippen molar-refractivity contribution >= 4 is 23.4 Å². The maximum Gasteiger partial charge on any atom is 0.298 e. The van der Waals surface area contributed by atoms with E-state index in [1.54, 1.807) is 18.2 Å². The van der Waals surface area contributed by atoms with Crippen LogP contribution in [0.4, 0.5) is 5.69 Å². The highest BCUT2D eigenvalue weighted by Crippen LogP contribution is 2.32. The second-order valence-corrected chi connectivity index (χ2v) is 7.07. The van der Waals surface area contributed by atoms with Crippen molar-refractivity contribution in [1.82, 2.24) is 5.27 Å². The van der Waals surface area contributed by atoms with E-state index in [-0.39, 0.29) is 16.7 Å². The van der Waals surface area contributed by atoms with Crippen molar-refractivity contribution in [2.24, 2.45) is 0 Å². The molecule has 4 rings (SSSR count). The zero-order chi connectivity index (χ0) is 19.5. The van der Waals surface area contributed by atoms with Gasteiger partial charge in [-0.3, -0.25) is 4.79 Å². The fraction of sp³-hybridized carbons (Fsp3) is 0.211. The van der Waals surface area contributed by atoms with E-state index in [9.17, 15) is 9.90 Å². The van der Waals surface area contributed by atoms with Crippen LogP contribution in [0.25, 0.3) is 5.69 Å². The van der Waals surface area contributed by atoms with Crippen LogP contribution in [-0.2, 0) is 4.79 Å². The number of amides is 1. The van der Waals surface area contributed by atoms with Crippen molar-refractivity contribution in [3.63, 3.8) is 0 Å². The van der Waals surface area contributed by atoms with Crippen molar-refractivity contribution < 1.29 is 28.6 Å². The number of thioether (sulfide) groups is 1. The first-order valence-electron chi connectivity index (χ1n) is 8.58. The molecule has 3 aromatic rings. The van der Waals surface area contributed by atoms with E-state index in [0.717, 1.165) is 17.3 Å². The monoisotopic (exact) mass is 399 g/mol. The fourth-order valence-electron chi connectivity index (χ4n) is 2.66. The van der Waals surface area contributed by atoms with Crippen molar-refractivity contribution in [2.45, 2.75) is 11.9 Å². The SMILES string of the molecule is Cc1ccc(-[n+]2noc([O-])c2SCC(=O)Nc2ccc3c(c2)OCCO3)cc1. The Balaban J connectivity index is 1.43. The number of hydrogen-bond donors (Lipinski definition) is 1. The van der Waals surface area contributed by atoms with Gasteiger partial charge in [0.05, 0.1) is 11.0 Å².